The number of phenols is 1. The lowest BCUT2D eigenvalue weighted by molar-refractivity contribution is 0.238. The molecule has 1 saturated heterocycles. The van der Waals surface area contributed by atoms with Crippen LogP contribution >= 0.6 is 0 Å². The lowest BCUT2D eigenvalue weighted by Crippen LogP contribution is -2.38. The highest BCUT2D eigenvalue weighted by Crippen LogP contribution is 2.36. The molecule has 4 nitrogen and oxygen atoms in total. The molecule has 0 saturated carbocycles. The summed E-state index contributed by atoms with van der Waals surface area (Å²) < 4.78 is 29.3. The lowest BCUT2D eigenvalue weighted by atomic mass is 9.78. The molecule has 0 atom stereocenters. The molecule has 142 valence electrons. The van der Waals surface area contributed by atoms with Crippen LogP contribution in [0, 0.1) is 17.0 Å². The maximum absolute atomic E-state index is 14.4. The van der Waals surface area contributed by atoms with Crippen molar-refractivity contribution in [3.8, 4) is 11.4 Å². The summed E-state index contributed by atoms with van der Waals surface area (Å²) in [7, 11) is 0. The first-order valence-electron chi connectivity index (χ1n) is 9.32. The third-order valence-electron chi connectivity index (χ3n) is 6.01. The Bertz CT molecular complexity index is 973. The maximum atomic E-state index is 14.4. The van der Waals surface area contributed by atoms with Crippen molar-refractivity contribution in [2.24, 2.45) is 5.41 Å². The minimum atomic E-state index is -0.999. The molecular weight excluding hydrogens is 348 g/mol. The zero-order chi connectivity index (χ0) is 19.2. The van der Waals surface area contributed by atoms with Crippen molar-refractivity contribution in [2.75, 3.05) is 18.0 Å². The van der Waals surface area contributed by atoms with Crippen molar-refractivity contribution < 1.29 is 13.9 Å². The molecule has 27 heavy (non-hydrogen) atoms. The van der Waals surface area contributed by atoms with Gasteiger partial charge in [-0.2, -0.15) is 5.10 Å². The number of aromatic hydroxyl groups is 1. The van der Waals surface area contributed by atoms with Crippen molar-refractivity contribution in [1.82, 2.24) is 9.78 Å². The second-order valence-electron chi connectivity index (χ2n) is 7.68. The summed E-state index contributed by atoms with van der Waals surface area (Å²) in [5, 5.41) is 14.0. The van der Waals surface area contributed by atoms with E-state index in [0.29, 0.717) is 16.5 Å². The average Bonchev–Trinajstić information content (AvgIpc) is 3.11. The van der Waals surface area contributed by atoms with E-state index in [1.54, 1.807) is 0 Å². The van der Waals surface area contributed by atoms with Gasteiger partial charge in [0.2, 0.25) is 0 Å². The minimum Gasteiger partial charge on any atom is -0.503 e. The Morgan fingerprint density at radius 1 is 1.11 bits per heavy atom. The Hall–Kier alpha value is -2.63. The monoisotopic (exact) mass is 371 g/mol. The van der Waals surface area contributed by atoms with Crippen molar-refractivity contribution in [3.05, 3.63) is 48.2 Å². The van der Waals surface area contributed by atoms with Gasteiger partial charge >= 0.3 is 0 Å². The van der Waals surface area contributed by atoms with Crippen LogP contribution < -0.4 is 4.90 Å². The highest BCUT2D eigenvalue weighted by atomic mass is 19.1. The first kappa shape index (κ1) is 17.8. The van der Waals surface area contributed by atoms with Crippen LogP contribution in [0.4, 0.5) is 14.5 Å². The van der Waals surface area contributed by atoms with E-state index in [4.69, 9.17) is 0 Å². The second-order valence-corrected chi connectivity index (χ2v) is 7.68. The zero-order valence-corrected chi connectivity index (χ0v) is 15.5. The number of aromatic nitrogens is 2. The highest BCUT2D eigenvalue weighted by molar-refractivity contribution is 5.82. The molecule has 0 unspecified atom stereocenters. The summed E-state index contributed by atoms with van der Waals surface area (Å²) in [4.78, 5) is 2.37. The third kappa shape index (κ3) is 3.03. The van der Waals surface area contributed by atoms with Crippen LogP contribution in [-0.4, -0.2) is 28.0 Å². The third-order valence-corrected chi connectivity index (χ3v) is 6.01. The van der Waals surface area contributed by atoms with Gasteiger partial charge < -0.3 is 10.0 Å². The Balaban J connectivity index is 1.62. The number of nitrogens with zero attached hydrogens (tertiary/aromatic N) is 3. The van der Waals surface area contributed by atoms with E-state index in [1.807, 2.05) is 24.3 Å². The maximum Gasteiger partial charge on any atom is 0.194 e. The van der Waals surface area contributed by atoms with Gasteiger partial charge in [0.25, 0.3) is 0 Å². The van der Waals surface area contributed by atoms with Crippen LogP contribution in [0.2, 0.25) is 0 Å². The number of rotatable bonds is 3. The Labute approximate surface area is 157 Å². The molecule has 0 bridgehead atoms. The zero-order valence-electron chi connectivity index (χ0n) is 15.5. The minimum absolute atomic E-state index is 0.0679. The summed E-state index contributed by atoms with van der Waals surface area (Å²) in [6.07, 6.45) is 4.94. The number of piperidine rings is 1. The smallest absolute Gasteiger partial charge is 0.194 e. The molecule has 6 heteroatoms. The Morgan fingerprint density at radius 3 is 2.37 bits per heavy atom. The normalized spacial score (nSPS) is 16.8. The van der Waals surface area contributed by atoms with Crippen molar-refractivity contribution >= 4 is 16.6 Å². The van der Waals surface area contributed by atoms with Gasteiger partial charge in [0.1, 0.15) is 5.52 Å². The van der Waals surface area contributed by atoms with Crippen LogP contribution in [0.3, 0.4) is 0 Å². The first-order chi connectivity index (χ1) is 12.9. The Kier molecular flexibility index (Phi) is 4.29. The number of hydrogen-bond acceptors (Lipinski definition) is 3. The number of fused-ring (bicyclic) bond motifs is 1. The van der Waals surface area contributed by atoms with Gasteiger partial charge in [-0.3, -0.25) is 0 Å². The van der Waals surface area contributed by atoms with Crippen molar-refractivity contribution in [2.45, 2.75) is 33.1 Å². The summed E-state index contributed by atoms with van der Waals surface area (Å²) in [5.41, 5.74) is 2.29. The molecule has 2 aromatic carbocycles. The van der Waals surface area contributed by atoms with Gasteiger partial charge in [-0.05, 0) is 48.6 Å². The highest BCUT2D eigenvalue weighted by Gasteiger charge is 2.28. The molecule has 1 aromatic heterocycles. The van der Waals surface area contributed by atoms with E-state index < -0.39 is 17.4 Å². The molecule has 1 fully saturated rings. The van der Waals surface area contributed by atoms with Crippen LogP contribution in [-0.2, 0) is 0 Å². The number of halogens is 2. The molecule has 0 aliphatic carbocycles. The predicted molar refractivity (Wildman–Crippen MR) is 102 cm³/mol. The van der Waals surface area contributed by atoms with Crippen LogP contribution in [0.1, 0.15) is 33.1 Å². The van der Waals surface area contributed by atoms with Crippen molar-refractivity contribution in [1.29, 1.82) is 0 Å². The van der Waals surface area contributed by atoms with Gasteiger partial charge in [0, 0.05) is 24.2 Å². The first-order valence-corrected chi connectivity index (χ1v) is 9.32. The average molecular weight is 371 g/mol. The van der Waals surface area contributed by atoms with Crippen LogP contribution in [0.25, 0.3) is 16.6 Å². The largest absolute Gasteiger partial charge is 0.503 e. The van der Waals surface area contributed by atoms with Gasteiger partial charge in [-0.1, -0.05) is 20.3 Å². The molecule has 1 N–H and O–H groups in total. The standard InChI is InChI=1S/C21H23F2N3O/c1-3-21(2)8-10-25(11-9-21)15-4-6-16(7-5-15)26-19-14(13-24-26)12-17(22)20(27)18(19)23/h4-7,12-13,27H,3,8-11H2,1-2H3. The predicted octanol–water partition coefficient (Wildman–Crippen LogP) is 5.03. The fraction of sp³-hybridized carbons (Fsp3) is 0.381. The van der Waals surface area contributed by atoms with Gasteiger partial charge in [-0.25, -0.2) is 13.5 Å². The quantitative estimate of drug-likeness (QED) is 0.702. The topological polar surface area (TPSA) is 41.3 Å². The Morgan fingerprint density at radius 2 is 1.74 bits per heavy atom. The van der Waals surface area contributed by atoms with E-state index in [1.165, 1.54) is 30.1 Å². The number of phenolic OH excluding ortho intramolecular Hbond substituents is 1. The summed E-state index contributed by atoms with van der Waals surface area (Å²) >= 11 is 0. The van der Waals surface area contributed by atoms with Crippen molar-refractivity contribution in [3.63, 3.8) is 0 Å². The van der Waals surface area contributed by atoms with Gasteiger partial charge in [0.05, 0.1) is 11.9 Å². The van der Waals surface area contributed by atoms with Crippen LogP contribution in [0.15, 0.2) is 36.5 Å². The molecule has 0 amide bonds. The van der Waals surface area contributed by atoms with Gasteiger partial charge in [-0.15, -0.1) is 0 Å². The number of benzene rings is 2. The summed E-state index contributed by atoms with van der Waals surface area (Å²) in [6, 6.07) is 8.83. The number of hydrogen-bond donors (Lipinski definition) is 1. The number of anilines is 1. The second kappa shape index (κ2) is 6.51. The molecule has 4 rings (SSSR count). The molecule has 3 aromatic rings. The van der Waals surface area contributed by atoms with E-state index in [2.05, 4.69) is 23.8 Å². The molecule has 0 radical (unpaired) electrons. The van der Waals surface area contributed by atoms with E-state index in [9.17, 15) is 13.9 Å². The molecular formula is C21H23F2N3O. The molecule has 1 aliphatic rings. The fourth-order valence-corrected chi connectivity index (χ4v) is 3.77. The van der Waals surface area contributed by atoms with E-state index in [-0.39, 0.29) is 5.52 Å². The summed E-state index contributed by atoms with van der Waals surface area (Å²) in [5.74, 6) is -2.96. The van der Waals surface area contributed by atoms with Gasteiger partial charge in [0.15, 0.2) is 17.4 Å². The SMILES string of the molecule is CCC1(C)CCN(c2ccc(-n3ncc4cc(F)c(O)c(F)c43)cc2)CC1. The van der Waals surface area contributed by atoms with Crippen LogP contribution in [0.5, 0.6) is 5.75 Å². The molecule has 0 spiro atoms. The van der Waals surface area contributed by atoms with E-state index >= 15 is 0 Å². The van der Waals surface area contributed by atoms with E-state index in [0.717, 1.165) is 24.8 Å². The molecule has 2 heterocycles. The molecule has 1 aliphatic heterocycles. The fourth-order valence-electron chi connectivity index (χ4n) is 3.77. The summed E-state index contributed by atoms with van der Waals surface area (Å²) in [6.45, 7) is 6.65. The lowest BCUT2D eigenvalue weighted by Gasteiger charge is -2.40.